The van der Waals surface area contributed by atoms with Crippen molar-refractivity contribution in [2.24, 2.45) is 0 Å². The Balaban J connectivity index is 2.30. The van der Waals surface area contributed by atoms with Crippen LogP contribution in [0.5, 0.6) is 0 Å². The van der Waals surface area contributed by atoms with Gasteiger partial charge in [0.25, 0.3) is 10.0 Å². The first kappa shape index (κ1) is 15.5. The lowest BCUT2D eigenvalue weighted by molar-refractivity contribution is 0.0697. The van der Waals surface area contributed by atoms with Gasteiger partial charge in [-0.15, -0.1) is 11.3 Å². The highest BCUT2D eigenvalue weighted by Crippen LogP contribution is 2.25. The number of aryl methyl sites for hydroxylation is 1. The summed E-state index contributed by atoms with van der Waals surface area (Å²) in [7, 11) is -3.76. The number of anilines is 1. The first-order chi connectivity index (χ1) is 9.94. The molecule has 7 heteroatoms. The van der Waals surface area contributed by atoms with Crippen LogP contribution in [0.1, 0.15) is 29.3 Å². The zero-order valence-corrected chi connectivity index (χ0v) is 13.0. The van der Waals surface area contributed by atoms with Gasteiger partial charge in [-0.1, -0.05) is 31.5 Å². The smallest absolute Gasteiger partial charge is 0.336 e. The number of rotatable bonds is 6. The van der Waals surface area contributed by atoms with E-state index in [1.807, 2.05) is 19.1 Å². The molecule has 0 saturated carbocycles. The number of para-hydroxylation sites is 1. The van der Waals surface area contributed by atoms with E-state index < -0.39 is 16.0 Å². The number of carboxylic acid groups (broad SMARTS) is 1. The van der Waals surface area contributed by atoms with E-state index in [2.05, 4.69) is 4.72 Å². The number of sulfonamides is 1. The van der Waals surface area contributed by atoms with E-state index >= 15 is 0 Å². The summed E-state index contributed by atoms with van der Waals surface area (Å²) in [5.41, 5.74) is 1.42. The van der Waals surface area contributed by atoms with Crippen LogP contribution in [0, 0.1) is 0 Å². The van der Waals surface area contributed by atoms with Crippen molar-refractivity contribution in [1.29, 1.82) is 0 Å². The molecule has 2 aromatic rings. The topological polar surface area (TPSA) is 83.5 Å². The van der Waals surface area contributed by atoms with Crippen molar-refractivity contribution in [2.45, 2.75) is 24.0 Å². The Bertz CT molecular complexity index is 750. The molecule has 0 aliphatic heterocycles. The normalized spacial score (nSPS) is 11.3. The zero-order chi connectivity index (χ0) is 15.5. The summed E-state index contributed by atoms with van der Waals surface area (Å²) < 4.78 is 27.1. The molecule has 0 amide bonds. The van der Waals surface area contributed by atoms with Crippen molar-refractivity contribution in [2.75, 3.05) is 4.72 Å². The van der Waals surface area contributed by atoms with E-state index in [4.69, 9.17) is 5.11 Å². The SMILES string of the molecule is CCCc1ccccc1NS(=O)(=O)c1cc(C(=O)O)cs1. The Morgan fingerprint density at radius 1 is 1.33 bits per heavy atom. The van der Waals surface area contributed by atoms with Crippen molar-refractivity contribution in [3.8, 4) is 0 Å². The van der Waals surface area contributed by atoms with E-state index in [1.165, 1.54) is 5.38 Å². The lowest BCUT2D eigenvalue weighted by Crippen LogP contribution is -2.13. The summed E-state index contributed by atoms with van der Waals surface area (Å²) in [6.45, 7) is 2.02. The van der Waals surface area contributed by atoms with Gasteiger partial charge >= 0.3 is 5.97 Å². The summed E-state index contributed by atoms with van der Waals surface area (Å²) in [5.74, 6) is -1.14. The van der Waals surface area contributed by atoms with Crippen molar-refractivity contribution in [1.82, 2.24) is 0 Å². The van der Waals surface area contributed by atoms with Crippen molar-refractivity contribution < 1.29 is 18.3 Å². The average molecular weight is 325 g/mol. The maximum atomic E-state index is 12.3. The molecule has 0 unspecified atom stereocenters. The molecule has 0 spiro atoms. The zero-order valence-electron chi connectivity index (χ0n) is 11.4. The summed E-state index contributed by atoms with van der Waals surface area (Å²) in [6.07, 6.45) is 1.67. The van der Waals surface area contributed by atoms with Crippen LogP contribution in [0.25, 0.3) is 0 Å². The Morgan fingerprint density at radius 3 is 2.67 bits per heavy atom. The molecule has 2 rings (SSSR count). The monoisotopic (exact) mass is 325 g/mol. The highest BCUT2D eigenvalue weighted by molar-refractivity contribution is 7.94. The number of benzene rings is 1. The Labute approximate surface area is 127 Å². The quantitative estimate of drug-likeness (QED) is 0.854. The summed E-state index contributed by atoms with van der Waals surface area (Å²) in [4.78, 5) is 10.8. The maximum absolute atomic E-state index is 12.3. The number of aromatic carboxylic acids is 1. The summed E-state index contributed by atoms with van der Waals surface area (Å²) in [6, 6.07) is 8.36. The summed E-state index contributed by atoms with van der Waals surface area (Å²) >= 11 is 0.892. The van der Waals surface area contributed by atoms with Gasteiger partial charge in [0.05, 0.1) is 11.3 Å². The molecular weight excluding hydrogens is 310 g/mol. The Morgan fingerprint density at radius 2 is 2.05 bits per heavy atom. The second-order valence-electron chi connectivity index (χ2n) is 4.47. The third-order valence-corrected chi connectivity index (χ3v) is 5.67. The van der Waals surface area contributed by atoms with Gasteiger partial charge in [0.1, 0.15) is 4.21 Å². The Hall–Kier alpha value is -1.86. The van der Waals surface area contributed by atoms with Gasteiger partial charge in [-0.05, 0) is 24.1 Å². The maximum Gasteiger partial charge on any atom is 0.336 e. The van der Waals surface area contributed by atoms with Crippen LogP contribution < -0.4 is 4.72 Å². The number of thiophene rings is 1. The number of carbonyl (C=O) groups is 1. The van der Waals surface area contributed by atoms with Gasteiger partial charge in [0.15, 0.2) is 0 Å². The minimum atomic E-state index is -3.76. The molecule has 0 atom stereocenters. The van der Waals surface area contributed by atoms with E-state index in [-0.39, 0.29) is 9.77 Å². The lowest BCUT2D eigenvalue weighted by Gasteiger charge is -2.10. The molecule has 2 N–H and O–H groups in total. The molecule has 0 radical (unpaired) electrons. The van der Waals surface area contributed by atoms with Crippen molar-refractivity contribution >= 4 is 33.0 Å². The van der Waals surface area contributed by atoms with Crippen LogP contribution in [0.4, 0.5) is 5.69 Å². The molecule has 0 aliphatic carbocycles. The molecule has 0 bridgehead atoms. The van der Waals surface area contributed by atoms with Gasteiger partial charge < -0.3 is 5.11 Å². The Kier molecular flexibility index (Phi) is 4.64. The fraction of sp³-hybridized carbons (Fsp3) is 0.214. The first-order valence-corrected chi connectivity index (χ1v) is 8.73. The van der Waals surface area contributed by atoms with Crippen LogP contribution in [0.2, 0.25) is 0 Å². The standard InChI is InChI=1S/C14H15NO4S2/c1-2-5-10-6-3-4-7-12(10)15-21(18,19)13-8-11(9-20-13)14(16)17/h3-4,6-9,15H,2,5H2,1H3,(H,16,17). The van der Waals surface area contributed by atoms with Gasteiger partial charge in [-0.3, -0.25) is 4.72 Å². The van der Waals surface area contributed by atoms with E-state index in [1.54, 1.807) is 12.1 Å². The number of carboxylic acids is 1. The van der Waals surface area contributed by atoms with Gasteiger partial charge in [-0.2, -0.15) is 0 Å². The van der Waals surface area contributed by atoms with E-state index in [0.29, 0.717) is 5.69 Å². The second kappa shape index (κ2) is 6.28. The van der Waals surface area contributed by atoms with Crippen LogP contribution in [0.15, 0.2) is 39.9 Å². The molecule has 0 fully saturated rings. The number of nitrogens with one attached hydrogen (secondary N) is 1. The van der Waals surface area contributed by atoms with Crippen LogP contribution in [0.3, 0.4) is 0 Å². The minimum absolute atomic E-state index is 0.00815. The fourth-order valence-electron chi connectivity index (χ4n) is 1.87. The van der Waals surface area contributed by atoms with Crippen LogP contribution in [-0.4, -0.2) is 19.5 Å². The largest absolute Gasteiger partial charge is 0.478 e. The molecule has 1 aromatic heterocycles. The minimum Gasteiger partial charge on any atom is -0.478 e. The van der Waals surface area contributed by atoms with Crippen molar-refractivity contribution in [3.63, 3.8) is 0 Å². The lowest BCUT2D eigenvalue weighted by atomic mass is 10.1. The fourth-order valence-corrected chi connectivity index (χ4v) is 4.13. The van der Waals surface area contributed by atoms with E-state index in [9.17, 15) is 13.2 Å². The third kappa shape index (κ3) is 3.62. The molecule has 21 heavy (non-hydrogen) atoms. The second-order valence-corrected chi connectivity index (χ2v) is 7.29. The van der Waals surface area contributed by atoms with Crippen LogP contribution >= 0.6 is 11.3 Å². The van der Waals surface area contributed by atoms with Gasteiger partial charge in [0.2, 0.25) is 0 Å². The predicted molar refractivity (Wildman–Crippen MR) is 82.5 cm³/mol. The average Bonchev–Trinajstić information content (AvgIpc) is 2.92. The molecule has 5 nitrogen and oxygen atoms in total. The van der Waals surface area contributed by atoms with Crippen LogP contribution in [-0.2, 0) is 16.4 Å². The first-order valence-electron chi connectivity index (χ1n) is 6.36. The molecule has 1 aromatic carbocycles. The summed E-state index contributed by atoms with van der Waals surface area (Å²) in [5, 5.41) is 10.2. The molecule has 0 aliphatic rings. The predicted octanol–water partition coefficient (Wildman–Crippen LogP) is 3.20. The van der Waals surface area contributed by atoms with Gasteiger partial charge in [0, 0.05) is 5.38 Å². The highest BCUT2D eigenvalue weighted by atomic mass is 32.2. The molecule has 1 heterocycles. The third-order valence-electron chi connectivity index (χ3n) is 2.87. The number of hydrogen-bond donors (Lipinski definition) is 2. The number of hydrogen-bond acceptors (Lipinski definition) is 4. The molecule has 0 saturated heterocycles. The molecular formula is C14H15NO4S2. The van der Waals surface area contributed by atoms with Crippen molar-refractivity contribution in [3.05, 3.63) is 46.8 Å². The molecule has 112 valence electrons. The highest BCUT2D eigenvalue weighted by Gasteiger charge is 2.19. The van der Waals surface area contributed by atoms with E-state index in [0.717, 1.165) is 35.8 Å². The van der Waals surface area contributed by atoms with Gasteiger partial charge in [-0.25, -0.2) is 13.2 Å².